The number of hydrogen-bond acceptors (Lipinski definition) is 5. The second-order valence-corrected chi connectivity index (χ2v) is 5.75. The van der Waals surface area contributed by atoms with Crippen molar-refractivity contribution in [2.45, 2.75) is 11.8 Å². The third-order valence-electron chi connectivity index (χ3n) is 2.92. The van der Waals surface area contributed by atoms with Gasteiger partial charge in [0, 0.05) is 28.9 Å². The molecular formula is C17H14N4O3S. The molecule has 126 valence electrons. The van der Waals surface area contributed by atoms with E-state index in [2.05, 4.69) is 16.0 Å². The Balaban J connectivity index is 1.97. The van der Waals surface area contributed by atoms with Crippen LogP contribution in [0.25, 0.3) is 0 Å². The summed E-state index contributed by atoms with van der Waals surface area (Å²) in [4.78, 5) is 35.7. The summed E-state index contributed by atoms with van der Waals surface area (Å²) >= 11 is 1.00. The van der Waals surface area contributed by atoms with Gasteiger partial charge in [-0.1, -0.05) is 6.07 Å². The van der Waals surface area contributed by atoms with Gasteiger partial charge in [-0.05, 0) is 54.2 Å². The van der Waals surface area contributed by atoms with E-state index in [-0.39, 0.29) is 5.91 Å². The van der Waals surface area contributed by atoms with Crippen molar-refractivity contribution in [1.29, 1.82) is 5.26 Å². The van der Waals surface area contributed by atoms with E-state index in [4.69, 9.17) is 5.26 Å². The number of thiocyanates is 1. The van der Waals surface area contributed by atoms with Gasteiger partial charge in [0.05, 0.1) is 0 Å². The molecule has 0 fully saturated rings. The largest absolute Gasteiger partial charge is 0.326 e. The molecule has 0 aliphatic carbocycles. The molecule has 3 amide bonds. The Morgan fingerprint density at radius 2 is 1.44 bits per heavy atom. The Kier molecular flexibility index (Phi) is 6.14. The molecule has 2 aromatic carbocycles. The van der Waals surface area contributed by atoms with Crippen LogP contribution in [0.1, 0.15) is 6.92 Å². The minimum Gasteiger partial charge on any atom is -0.326 e. The summed E-state index contributed by atoms with van der Waals surface area (Å²) in [5, 5.41) is 18.0. The summed E-state index contributed by atoms with van der Waals surface area (Å²) in [7, 11) is 0. The van der Waals surface area contributed by atoms with Crippen LogP contribution >= 0.6 is 11.8 Å². The molecule has 0 radical (unpaired) electrons. The summed E-state index contributed by atoms with van der Waals surface area (Å²) in [6, 6.07) is 13.0. The monoisotopic (exact) mass is 354 g/mol. The van der Waals surface area contributed by atoms with Crippen molar-refractivity contribution >= 4 is 46.5 Å². The Morgan fingerprint density at radius 1 is 0.880 bits per heavy atom. The molecule has 0 bridgehead atoms. The van der Waals surface area contributed by atoms with Crippen molar-refractivity contribution in [3.63, 3.8) is 0 Å². The SMILES string of the molecule is CC(=O)Nc1cccc(NC(=O)C(=O)Nc2ccc(SC#N)cc2)c1. The first-order chi connectivity index (χ1) is 12.0. The second kappa shape index (κ2) is 8.52. The molecule has 0 unspecified atom stereocenters. The minimum absolute atomic E-state index is 0.237. The summed E-state index contributed by atoms with van der Waals surface area (Å²) in [6.45, 7) is 1.37. The number of hydrogen-bond donors (Lipinski definition) is 3. The maximum absolute atomic E-state index is 12.0. The van der Waals surface area contributed by atoms with Crippen LogP contribution in [0.5, 0.6) is 0 Å². The van der Waals surface area contributed by atoms with Crippen molar-refractivity contribution in [2.24, 2.45) is 0 Å². The van der Waals surface area contributed by atoms with Gasteiger partial charge in [-0.3, -0.25) is 14.4 Å². The zero-order valence-corrected chi connectivity index (χ0v) is 14.0. The van der Waals surface area contributed by atoms with E-state index >= 15 is 0 Å². The van der Waals surface area contributed by atoms with Crippen LogP contribution in [-0.4, -0.2) is 17.7 Å². The van der Waals surface area contributed by atoms with Gasteiger partial charge in [-0.15, -0.1) is 0 Å². The fourth-order valence-electron chi connectivity index (χ4n) is 1.91. The van der Waals surface area contributed by atoms with Crippen LogP contribution in [0.3, 0.4) is 0 Å². The van der Waals surface area contributed by atoms with Crippen molar-refractivity contribution in [3.8, 4) is 5.40 Å². The zero-order chi connectivity index (χ0) is 18.2. The highest BCUT2D eigenvalue weighted by molar-refractivity contribution is 8.03. The van der Waals surface area contributed by atoms with Gasteiger partial charge < -0.3 is 16.0 Å². The maximum Gasteiger partial charge on any atom is 0.314 e. The molecule has 0 atom stereocenters. The van der Waals surface area contributed by atoms with Crippen LogP contribution in [0, 0.1) is 10.7 Å². The standard InChI is InChI=1S/C17H14N4O3S/c1-11(22)19-13-3-2-4-14(9-13)21-17(24)16(23)20-12-5-7-15(8-6-12)25-10-18/h2-9H,1H3,(H,19,22)(H,20,23)(H,21,24). The van der Waals surface area contributed by atoms with Crippen LogP contribution in [0.4, 0.5) is 17.1 Å². The van der Waals surface area contributed by atoms with Gasteiger partial charge in [0.15, 0.2) is 0 Å². The highest BCUT2D eigenvalue weighted by atomic mass is 32.2. The summed E-state index contributed by atoms with van der Waals surface area (Å²) in [5.74, 6) is -1.90. The third-order valence-corrected chi connectivity index (χ3v) is 3.52. The highest BCUT2D eigenvalue weighted by Gasteiger charge is 2.14. The van der Waals surface area contributed by atoms with Gasteiger partial charge >= 0.3 is 11.8 Å². The lowest BCUT2D eigenvalue weighted by molar-refractivity contribution is -0.132. The number of thioether (sulfide) groups is 1. The molecule has 3 N–H and O–H groups in total. The number of benzene rings is 2. The normalized spacial score (nSPS) is 9.60. The lowest BCUT2D eigenvalue weighted by atomic mass is 10.2. The zero-order valence-electron chi connectivity index (χ0n) is 13.2. The molecule has 2 rings (SSSR count). The van der Waals surface area contributed by atoms with Gasteiger partial charge in [0.25, 0.3) is 0 Å². The van der Waals surface area contributed by atoms with Crippen LogP contribution in [0.2, 0.25) is 0 Å². The first-order valence-corrected chi connectivity index (χ1v) is 7.95. The smallest absolute Gasteiger partial charge is 0.314 e. The van der Waals surface area contributed by atoms with E-state index < -0.39 is 11.8 Å². The van der Waals surface area contributed by atoms with Gasteiger partial charge in [0.1, 0.15) is 5.40 Å². The average Bonchev–Trinajstić information content (AvgIpc) is 2.56. The minimum atomic E-state index is -0.838. The lowest BCUT2D eigenvalue weighted by Crippen LogP contribution is -2.29. The summed E-state index contributed by atoms with van der Waals surface area (Å²) in [6.07, 6.45) is 0. The molecule has 25 heavy (non-hydrogen) atoms. The molecule has 0 saturated carbocycles. The van der Waals surface area contributed by atoms with Crippen LogP contribution in [0.15, 0.2) is 53.4 Å². The fraction of sp³-hybridized carbons (Fsp3) is 0.0588. The molecular weight excluding hydrogens is 340 g/mol. The number of rotatable bonds is 4. The van der Waals surface area contributed by atoms with E-state index in [9.17, 15) is 14.4 Å². The van der Waals surface area contributed by atoms with E-state index in [1.54, 1.807) is 48.5 Å². The predicted molar refractivity (Wildman–Crippen MR) is 95.9 cm³/mol. The van der Waals surface area contributed by atoms with E-state index in [0.29, 0.717) is 17.1 Å². The number of amides is 3. The first kappa shape index (κ1) is 18.0. The average molecular weight is 354 g/mol. The number of carbonyl (C=O) groups is 3. The van der Waals surface area contributed by atoms with Gasteiger partial charge in [-0.2, -0.15) is 5.26 Å². The van der Waals surface area contributed by atoms with Gasteiger partial charge in [0.2, 0.25) is 5.91 Å². The number of carbonyl (C=O) groups excluding carboxylic acids is 3. The van der Waals surface area contributed by atoms with E-state index in [1.165, 1.54) is 6.92 Å². The molecule has 0 saturated heterocycles. The highest BCUT2D eigenvalue weighted by Crippen LogP contribution is 2.19. The number of nitrogens with one attached hydrogen (secondary N) is 3. The van der Waals surface area contributed by atoms with Crippen LogP contribution in [-0.2, 0) is 14.4 Å². The van der Waals surface area contributed by atoms with Crippen molar-refractivity contribution in [3.05, 3.63) is 48.5 Å². The predicted octanol–water partition coefficient (Wildman–Crippen LogP) is 2.80. The Bertz CT molecular complexity index is 844. The first-order valence-electron chi connectivity index (χ1n) is 7.14. The Morgan fingerprint density at radius 3 is 2.00 bits per heavy atom. The van der Waals surface area contributed by atoms with Crippen molar-refractivity contribution in [2.75, 3.05) is 16.0 Å². The second-order valence-electron chi connectivity index (χ2n) is 4.89. The number of nitriles is 1. The van der Waals surface area contributed by atoms with Crippen molar-refractivity contribution in [1.82, 2.24) is 0 Å². The third kappa shape index (κ3) is 5.67. The van der Waals surface area contributed by atoms with E-state index in [0.717, 1.165) is 16.7 Å². The molecule has 0 heterocycles. The molecule has 0 spiro atoms. The van der Waals surface area contributed by atoms with Gasteiger partial charge in [-0.25, -0.2) is 0 Å². The molecule has 0 aliphatic heterocycles. The Hall–Kier alpha value is -3.31. The Labute approximate surface area is 148 Å². The molecule has 0 aromatic heterocycles. The molecule has 0 aliphatic rings. The molecule has 7 nitrogen and oxygen atoms in total. The topological polar surface area (TPSA) is 111 Å². The molecule has 2 aromatic rings. The summed E-state index contributed by atoms with van der Waals surface area (Å²) < 4.78 is 0. The van der Waals surface area contributed by atoms with E-state index in [1.807, 2.05) is 5.40 Å². The fourth-order valence-corrected chi connectivity index (χ4v) is 2.29. The maximum atomic E-state index is 12.0. The van der Waals surface area contributed by atoms with Crippen LogP contribution < -0.4 is 16.0 Å². The summed E-state index contributed by atoms with van der Waals surface area (Å²) in [5.41, 5.74) is 1.33. The quantitative estimate of drug-likeness (QED) is 0.444. The van der Waals surface area contributed by atoms with Crippen molar-refractivity contribution < 1.29 is 14.4 Å². The number of anilines is 3. The lowest BCUT2D eigenvalue weighted by Gasteiger charge is -2.08. The number of nitrogens with zero attached hydrogens (tertiary/aromatic N) is 1. The molecule has 8 heteroatoms.